The number of fused-ring (bicyclic) bond motifs is 4. The molecule has 0 saturated carbocycles. The summed E-state index contributed by atoms with van der Waals surface area (Å²) in [6.45, 7) is 0. The number of nitrogens with zero attached hydrogens (tertiary/aromatic N) is 2. The summed E-state index contributed by atoms with van der Waals surface area (Å²) in [5, 5.41) is 4.99. The Labute approximate surface area is 315 Å². The topological polar surface area (TPSA) is 8.17 Å². The van der Waals surface area contributed by atoms with Gasteiger partial charge in [-0.2, -0.15) is 0 Å². The molecule has 0 radical (unpaired) electrons. The normalized spacial score (nSPS) is 11.3. The summed E-state index contributed by atoms with van der Waals surface area (Å²) in [4.78, 5) is 2.42. The molecule has 0 N–H and O–H groups in total. The van der Waals surface area contributed by atoms with Gasteiger partial charge in [0.1, 0.15) is 0 Å². The standard InChI is InChI=1S/C52H36N2/c1-3-17-37(18-4-1)44-27-7-10-32-49(44)53(42-25-16-26-43(36-42)54-50-33-11-8-28-47(50)48-29-9-12-34-51(48)54)41-24-13-23-40(35-41)46-31-15-22-39-21-14-30-45(52(39)46)38-19-5-2-6-20-38/h1-36H. The summed E-state index contributed by atoms with van der Waals surface area (Å²) in [7, 11) is 0. The molecule has 0 bridgehead atoms. The van der Waals surface area contributed by atoms with Crippen molar-refractivity contribution < 1.29 is 0 Å². The van der Waals surface area contributed by atoms with Gasteiger partial charge >= 0.3 is 0 Å². The fourth-order valence-corrected chi connectivity index (χ4v) is 8.18. The first-order valence-corrected chi connectivity index (χ1v) is 18.5. The zero-order valence-electron chi connectivity index (χ0n) is 29.7. The third kappa shape index (κ3) is 5.44. The van der Waals surface area contributed by atoms with Gasteiger partial charge in [-0.05, 0) is 87.1 Å². The van der Waals surface area contributed by atoms with Crippen molar-refractivity contribution in [3.63, 3.8) is 0 Å². The highest BCUT2D eigenvalue weighted by Crippen LogP contribution is 2.44. The van der Waals surface area contributed by atoms with Crippen molar-refractivity contribution in [2.75, 3.05) is 4.90 Å². The number of anilines is 3. The second-order valence-electron chi connectivity index (χ2n) is 13.7. The minimum Gasteiger partial charge on any atom is -0.310 e. The Bertz CT molecular complexity index is 2880. The second-order valence-corrected chi connectivity index (χ2v) is 13.7. The predicted octanol–water partition coefficient (Wildman–Crippen LogP) is 14.4. The molecule has 2 nitrogen and oxygen atoms in total. The summed E-state index contributed by atoms with van der Waals surface area (Å²) < 4.78 is 2.40. The van der Waals surface area contributed by atoms with E-state index in [9.17, 15) is 0 Å². The molecule has 9 aromatic carbocycles. The lowest BCUT2D eigenvalue weighted by Crippen LogP contribution is -2.12. The molecular formula is C52H36N2. The molecule has 1 heterocycles. The number of hydrogen-bond donors (Lipinski definition) is 0. The molecule has 0 aliphatic carbocycles. The van der Waals surface area contributed by atoms with E-state index in [-0.39, 0.29) is 0 Å². The Morgan fingerprint density at radius 3 is 1.50 bits per heavy atom. The Balaban J connectivity index is 1.20. The number of rotatable bonds is 7. The molecular weight excluding hydrogens is 653 g/mol. The molecule has 0 unspecified atom stereocenters. The van der Waals surface area contributed by atoms with Gasteiger partial charge in [0.15, 0.2) is 0 Å². The monoisotopic (exact) mass is 688 g/mol. The minimum atomic E-state index is 1.08. The molecule has 54 heavy (non-hydrogen) atoms. The Kier molecular flexibility index (Phi) is 7.85. The van der Waals surface area contributed by atoms with E-state index in [1.54, 1.807) is 0 Å². The Hall–Kier alpha value is -7.16. The molecule has 254 valence electrons. The number of benzene rings is 9. The van der Waals surface area contributed by atoms with Gasteiger partial charge in [-0.25, -0.2) is 0 Å². The molecule has 10 aromatic rings. The molecule has 0 atom stereocenters. The molecule has 0 aliphatic heterocycles. The zero-order valence-corrected chi connectivity index (χ0v) is 29.7. The summed E-state index contributed by atoms with van der Waals surface area (Å²) in [6.07, 6.45) is 0. The van der Waals surface area contributed by atoms with E-state index < -0.39 is 0 Å². The summed E-state index contributed by atoms with van der Waals surface area (Å²) in [6, 6.07) is 78.9. The van der Waals surface area contributed by atoms with Crippen LogP contribution in [0.2, 0.25) is 0 Å². The molecule has 1 aromatic heterocycles. The van der Waals surface area contributed by atoms with Crippen molar-refractivity contribution in [3.05, 3.63) is 218 Å². The average molecular weight is 689 g/mol. The van der Waals surface area contributed by atoms with Crippen LogP contribution in [0.25, 0.3) is 71.6 Å². The lowest BCUT2D eigenvalue weighted by atomic mass is 9.91. The molecule has 0 amide bonds. The van der Waals surface area contributed by atoms with Gasteiger partial charge in [-0.15, -0.1) is 0 Å². The fourth-order valence-electron chi connectivity index (χ4n) is 8.18. The predicted molar refractivity (Wildman–Crippen MR) is 229 cm³/mol. The van der Waals surface area contributed by atoms with Crippen LogP contribution in [-0.2, 0) is 0 Å². The maximum absolute atomic E-state index is 2.42. The smallest absolute Gasteiger partial charge is 0.0541 e. The first kappa shape index (κ1) is 31.6. The van der Waals surface area contributed by atoms with Gasteiger partial charge < -0.3 is 9.47 Å². The van der Waals surface area contributed by atoms with Gasteiger partial charge in [0.05, 0.1) is 16.7 Å². The van der Waals surface area contributed by atoms with Gasteiger partial charge in [0.25, 0.3) is 0 Å². The first-order chi connectivity index (χ1) is 26.8. The van der Waals surface area contributed by atoms with Crippen molar-refractivity contribution in [1.82, 2.24) is 4.57 Å². The highest BCUT2D eigenvalue weighted by molar-refractivity contribution is 6.09. The van der Waals surface area contributed by atoms with Crippen LogP contribution < -0.4 is 4.90 Å². The van der Waals surface area contributed by atoms with Gasteiger partial charge in [0, 0.05) is 33.4 Å². The molecule has 10 rings (SSSR count). The second kappa shape index (κ2) is 13.4. The zero-order chi connectivity index (χ0) is 35.8. The largest absolute Gasteiger partial charge is 0.310 e. The highest BCUT2D eigenvalue weighted by atomic mass is 15.1. The maximum Gasteiger partial charge on any atom is 0.0541 e. The van der Waals surface area contributed by atoms with Crippen LogP contribution in [0, 0.1) is 0 Å². The number of hydrogen-bond acceptors (Lipinski definition) is 1. The van der Waals surface area contributed by atoms with Crippen LogP contribution in [-0.4, -0.2) is 4.57 Å². The van der Waals surface area contributed by atoms with Gasteiger partial charge in [0.2, 0.25) is 0 Å². The van der Waals surface area contributed by atoms with Gasteiger partial charge in [-0.3, -0.25) is 0 Å². The molecule has 0 spiro atoms. The van der Waals surface area contributed by atoms with Crippen LogP contribution >= 0.6 is 0 Å². The van der Waals surface area contributed by atoms with Crippen LogP contribution in [0.4, 0.5) is 17.1 Å². The fraction of sp³-hybridized carbons (Fsp3) is 0. The van der Waals surface area contributed by atoms with Gasteiger partial charge in [-0.1, -0.05) is 170 Å². The first-order valence-electron chi connectivity index (χ1n) is 18.5. The SMILES string of the molecule is c1ccc(-c2ccccc2N(c2cccc(-c3cccc4cccc(-c5ccccc5)c34)c2)c2cccc(-n3c4ccccc4c4ccccc43)c2)cc1. The number of aromatic nitrogens is 1. The van der Waals surface area contributed by atoms with Crippen molar-refractivity contribution in [3.8, 4) is 39.1 Å². The van der Waals surface area contributed by atoms with E-state index in [2.05, 4.69) is 228 Å². The van der Waals surface area contributed by atoms with Crippen LogP contribution in [0.1, 0.15) is 0 Å². The van der Waals surface area contributed by atoms with Crippen molar-refractivity contribution in [2.45, 2.75) is 0 Å². The third-order valence-electron chi connectivity index (χ3n) is 10.6. The van der Waals surface area contributed by atoms with E-state index in [0.717, 1.165) is 22.7 Å². The average Bonchev–Trinajstić information content (AvgIpc) is 3.59. The molecule has 0 fully saturated rings. The lowest BCUT2D eigenvalue weighted by Gasteiger charge is -2.29. The lowest BCUT2D eigenvalue weighted by molar-refractivity contribution is 1.17. The maximum atomic E-state index is 2.42. The minimum absolute atomic E-state index is 1.08. The van der Waals surface area contributed by atoms with Crippen molar-refractivity contribution in [1.29, 1.82) is 0 Å². The summed E-state index contributed by atoms with van der Waals surface area (Å²) in [5.74, 6) is 0. The Morgan fingerprint density at radius 2 is 0.815 bits per heavy atom. The Morgan fingerprint density at radius 1 is 0.333 bits per heavy atom. The van der Waals surface area contributed by atoms with Crippen LogP contribution in [0.15, 0.2) is 218 Å². The van der Waals surface area contributed by atoms with Crippen LogP contribution in [0.3, 0.4) is 0 Å². The summed E-state index contributed by atoms with van der Waals surface area (Å²) >= 11 is 0. The highest BCUT2D eigenvalue weighted by Gasteiger charge is 2.20. The third-order valence-corrected chi connectivity index (χ3v) is 10.6. The summed E-state index contributed by atoms with van der Waals surface area (Å²) in [5.41, 5.74) is 14.0. The molecule has 0 saturated heterocycles. The van der Waals surface area contributed by atoms with E-state index in [1.807, 2.05) is 0 Å². The van der Waals surface area contributed by atoms with Crippen molar-refractivity contribution >= 4 is 49.6 Å². The molecule has 0 aliphatic rings. The van der Waals surface area contributed by atoms with Crippen molar-refractivity contribution in [2.24, 2.45) is 0 Å². The molecule has 2 heteroatoms. The van der Waals surface area contributed by atoms with E-state index in [1.165, 1.54) is 66.0 Å². The van der Waals surface area contributed by atoms with E-state index in [0.29, 0.717) is 0 Å². The van der Waals surface area contributed by atoms with Crippen LogP contribution in [0.5, 0.6) is 0 Å². The quantitative estimate of drug-likeness (QED) is 0.162. The van der Waals surface area contributed by atoms with E-state index in [4.69, 9.17) is 0 Å². The number of para-hydroxylation sites is 3. The van der Waals surface area contributed by atoms with E-state index >= 15 is 0 Å².